The number of hydrogen-bond acceptors (Lipinski definition) is 8. The summed E-state index contributed by atoms with van der Waals surface area (Å²) >= 11 is 4.11. The predicted molar refractivity (Wildman–Crippen MR) is 74.6 cm³/mol. The van der Waals surface area contributed by atoms with E-state index < -0.39 is 41.1 Å². The van der Waals surface area contributed by atoms with Crippen LogP contribution in [-0.2, 0) is 33.3 Å². The largest absolute Gasteiger partial charge is 0.463 e. The molecule has 1 saturated heterocycles. The van der Waals surface area contributed by atoms with Crippen LogP contribution in [-0.4, -0.2) is 47.7 Å². The van der Waals surface area contributed by atoms with Gasteiger partial charge in [-0.3, -0.25) is 14.4 Å². The smallest absolute Gasteiger partial charge is 0.303 e. The van der Waals surface area contributed by atoms with E-state index in [-0.39, 0.29) is 13.0 Å². The van der Waals surface area contributed by atoms with Crippen molar-refractivity contribution in [1.29, 1.82) is 0 Å². The highest BCUT2D eigenvalue weighted by Gasteiger charge is 2.59. The maximum absolute atomic E-state index is 11.4. The summed E-state index contributed by atoms with van der Waals surface area (Å²) in [5.41, 5.74) is -3.57. The Bertz CT molecular complexity index is 467. The number of thiol groups is 1. The molecule has 1 aliphatic rings. The number of rotatable bonds is 5. The second-order valence-corrected chi connectivity index (χ2v) is 5.04. The minimum atomic E-state index is -1.96. The topological polar surface area (TPSA) is 88.1 Å². The molecular formula is C13H20O7S. The number of carbonyl (C=O) groups is 3. The van der Waals surface area contributed by atoms with E-state index in [9.17, 15) is 14.4 Å². The lowest BCUT2D eigenvalue weighted by Crippen LogP contribution is -2.52. The van der Waals surface area contributed by atoms with Crippen molar-refractivity contribution in [1.82, 2.24) is 0 Å². The number of ether oxygens (including phenoxy) is 4. The van der Waals surface area contributed by atoms with Gasteiger partial charge in [-0.15, -0.1) is 12.6 Å². The van der Waals surface area contributed by atoms with E-state index in [1.165, 1.54) is 20.8 Å². The zero-order valence-electron chi connectivity index (χ0n) is 13.4. The van der Waals surface area contributed by atoms with Gasteiger partial charge in [-0.05, 0) is 6.42 Å². The monoisotopic (exact) mass is 321 g/mol. The van der Waals surface area contributed by atoms with Crippen LogP contribution >= 0.6 is 12.6 Å². The van der Waals surface area contributed by atoms with Gasteiger partial charge in [-0.1, -0.05) is 6.92 Å². The van der Waals surface area contributed by atoms with Crippen LogP contribution in [0, 0.1) is 0 Å². The van der Waals surface area contributed by atoms with E-state index >= 15 is 0 Å². The first-order valence-electron chi connectivity index (χ1n) is 6.96. The van der Waals surface area contributed by atoms with Gasteiger partial charge in [0.2, 0.25) is 0 Å². The van der Waals surface area contributed by atoms with E-state index in [2.05, 4.69) is 12.6 Å². The third-order valence-electron chi connectivity index (χ3n) is 3.02. The minimum Gasteiger partial charge on any atom is -0.463 e. The molecular weight excluding hydrogens is 300 g/mol. The Morgan fingerprint density at radius 2 is 1.86 bits per heavy atom. The summed E-state index contributed by atoms with van der Waals surface area (Å²) in [4.78, 5) is 33.8. The van der Waals surface area contributed by atoms with Gasteiger partial charge in [0.1, 0.15) is 18.1 Å². The number of hydrogen-bond donors (Lipinski definition) is 1. The van der Waals surface area contributed by atoms with Crippen LogP contribution in [0.15, 0.2) is 0 Å². The standard InChI is InChI=1S/C13H20O7S/c1-5-13(20-9(4)16)11(18-8(3)15)10(19-12(13)21)6-17-7(2)14/h10-12,21H,5-6H2,1-4H3/t10-,11-,12?,13-/m1/s1/i12D. The van der Waals surface area contributed by atoms with Gasteiger partial charge in [0.25, 0.3) is 0 Å². The van der Waals surface area contributed by atoms with Crippen molar-refractivity contribution in [2.75, 3.05) is 6.61 Å². The first kappa shape index (κ1) is 16.1. The summed E-state index contributed by atoms with van der Waals surface area (Å²) in [6.07, 6.45) is -1.97. The number of carbonyl (C=O) groups excluding carboxylic acids is 3. The SMILES string of the molecule is [2H]C1(S)O[C@H](COC(C)=O)[C@@H](OC(C)=O)[C@@]1(CC)OC(C)=O. The number of esters is 3. The molecule has 0 saturated carbocycles. The summed E-state index contributed by atoms with van der Waals surface area (Å²) in [6.45, 7) is 4.96. The molecule has 0 aliphatic carbocycles. The second kappa shape index (κ2) is 7.13. The summed E-state index contributed by atoms with van der Waals surface area (Å²) in [6, 6.07) is 0. The van der Waals surface area contributed by atoms with Crippen molar-refractivity contribution in [2.24, 2.45) is 0 Å². The van der Waals surface area contributed by atoms with Gasteiger partial charge < -0.3 is 18.9 Å². The first-order valence-corrected chi connectivity index (χ1v) is 6.90. The molecule has 1 aliphatic heterocycles. The summed E-state index contributed by atoms with van der Waals surface area (Å²) in [5, 5.41) is 0. The van der Waals surface area contributed by atoms with E-state index in [1.807, 2.05) is 0 Å². The Hall–Kier alpha value is -1.28. The van der Waals surface area contributed by atoms with Crippen molar-refractivity contribution in [3.05, 3.63) is 0 Å². The molecule has 0 aromatic heterocycles. The fourth-order valence-corrected chi connectivity index (χ4v) is 2.65. The van der Waals surface area contributed by atoms with Gasteiger partial charge in [-0.2, -0.15) is 0 Å². The van der Waals surface area contributed by atoms with Gasteiger partial charge in [0, 0.05) is 20.8 Å². The van der Waals surface area contributed by atoms with Crippen molar-refractivity contribution in [3.63, 3.8) is 0 Å². The average Bonchev–Trinajstić information content (AvgIpc) is 2.56. The normalized spacial score (nSPS) is 35.8. The molecule has 21 heavy (non-hydrogen) atoms. The minimum absolute atomic E-state index is 0.119. The third-order valence-corrected chi connectivity index (χ3v) is 3.50. The molecule has 1 fully saturated rings. The molecule has 1 unspecified atom stereocenters. The highest BCUT2D eigenvalue weighted by molar-refractivity contribution is 7.80. The average molecular weight is 321 g/mol. The van der Waals surface area contributed by atoms with Crippen molar-refractivity contribution in [3.8, 4) is 0 Å². The quantitative estimate of drug-likeness (QED) is 0.456. The molecule has 4 atom stereocenters. The molecule has 0 bridgehead atoms. The fraction of sp³-hybridized carbons (Fsp3) is 0.769. The van der Waals surface area contributed by atoms with Gasteiger partial charge >= 0.3 is 17.9 Å². The van der Waals surface area contributed by atoms with Gasteiger partial charge in [0.05, 0.1) is 1.37 Å². The van der Waals surface area contributed by atoms with Crippen molar-refractivity contribution >= 4 is 30.5 Å². The van der Waals surface area contributed by atoms with E-state index in [0.29, 0.717) is 0 Å². The van der Waals surface area contributed by atoms with Crippen LogP contribution in [0.25, 0.3) is 0 Å². The Labute approximate surface area is 130 Å². The Balaban J connectivity index is 3.19. The molecule has 0 aromatic carbocycles. The lowest BCUT2D eigenvalue weighted by atomic mass is 9.92. The summed E-state index contributed by atoms with van der Waals surface area (Å²) < 4.78 is 29.0. The van der Waals surface area contributed by atoms with Gasteiger partial charge in [0.15, 0.2) is 11.7 Å². The summed E-state index contributed by atoms with van der Waals surface area (Å²) in [5.74, 6) is -1.86. The van der Waals surface area contributed by atoms with Gasteiger partial charge in [-0.25, -0.2) is 0 Å². The highest BCUT2D eigenvalue weighted by atomic mass is 32.1. The Kier molecular flexibility index (Phi) is 5.46. The van der Waals surface area contributed by atoms with Crippen LogP contribution in [0.1, 0.15) is 35.5 Å². The van der Waals surface area contributed by atoms with Crippen molar-refractivity contribution in [2.45, 2.75) is 57.3 Å². The maximum Gasteiger partial charge on any atom is 0.303 e. The van der Waals surface area contributed by atoms with E-state index in [4.69, 9.17) is 20.3 Å². The lowest BCUT2D eigenvalue weighted by molar-refractivity contribution is -0.181. The molecule has 1 heterocycles. The molecule has 0 N–H and O–H groups in total. The molecule has 0 spiro atoms. The molecule has 7 nitrogen and oxygen atoms in total. The Morgan fingerprint density at radius 3 is 2.29 bits per heavy atom. The molecule has 1 rings (SSSR count). The van der Waals surface area contributed by atoms with Crippen LogP contribution in [0.5, 0.6) is 0 Å². The zero-order chi connectivity index (χ0) is 17.1. The third kappa shape index (κ3) is 4.10. The second-order valence-electron chi connectivity index (χ2n) is 4.63. The first-order chi connectivity index (χ1) is 10.1. The van der Waals surface area contributed by atoms with Crippen LogP contribution in [0.3, 0.4) is 0 Å². The van der Waals surface area contributed by atoms with Crippen LogP contribution in [0.2, 0.25) is 0 Å². The molecule has 120 valence electrons. The van der Waals surface area contributed by atoms with E-state index in [1.54, 1.807) is 6.92 Å². The van der Waals surface area contributed by atoms with Crippen molar-refractivity contribution < 1.29 is 34.7 Å². The van der Waals surface area contributed by atoms with Crippen LogP contribution < -0.4 is 0 Å². The Morgan fingerprint density at radius 1 is 1.24 bits per heavy atom. The molecule has 0 aromatic rings. The predicted octanol–water partition coefficient (Wildman–Crippen LogP) is 0.848. The highest BCUT2D eigenvalue weighted by Crippen LogP contribution is 2.41. The fourth-order valence-electron chi connectivity index (χ4n) is 2.18. The van der Waals surface area contributed by atoms with E-state index in [0.717, 1.165) is 0 Å². The molecule has 0 amide bonds. The molecule has 0 radical (unpaired) electrons. The lowest BCUT2D eigenvalue weighted by Gasteiger charge is -2.34. The summed E-state index contributed by atoms with van der Waals surface area (Å²) in [7, 11) is 0. The van der Waals surface area contributed by atoms with Crippen LogP contribution in [0.4, 0.5) is 0 Å². The zero-order valence-corrected chi connectivity index (χ0v) is 13.3. The maximum atomic E-state index is 11.4. The molecule has 8 heteroatoms.